The van der Waals surface area contributed by atoms with Crippen LogP contribution in [0.15, 0.2) is 0 Å². The summed E-state index contributed by atoms with van der Waals surface area (Å²) in [6, 6.07) is 0. The number of piperazine rings is 1. The number of hydrogen-bond donors (Lipinski definition) is 1. The molecule has 1 aliphatic rings. The molecule has 0 amide bonds. The number of likely N-dealkylation sites (N-methyl/N-ethyl adjacent to an activating group) is 1. The van der Waals surface area contributed by atoms with E-state index in [1.54, 1.807) is 0 Å². The minimum absolute atomic E-state index is 0.174. The van der Waals surface area contributed by atoms with E-state index in [2.05, 4.69) is 30.7 Å². The second-order valence-electron chi connectivity index (χ2n) is 5.78. The Morgan fingerprint density at radius 3 is 2.29 bits per heavy atom. The highest BCUT2D eigenvalue weighted by Gasteiger charge is 2.34. The highest BCUT2D eigenvalue weighted by molar-refractivity contribution is 4.91. The number of hydrogen-bond acceptors (Lipinski definition) is 3. The topological polar surface area (TPSA) is 26.7 Å². The minimum Gasteiger partial charge on any atom is -0.389 e. The van der Waals surface area contributed by atoms with Crippen LogP contribution in [0.4, 0.5) is 0 Å². The summed E-state index contributed by atoms with van der Waals surface area (Å²) in [5.41, 5.74) is -0.416. The van der Waals surface area contributed by atoms with Gasteiger partial charge in [0.25, 0.3) is 0 Å². The summed E-state index contributed by atoms with van der Waals surface area (Å²) >= 11 is 0. The van der Waals surface area contributed by atoms with Crippen LogP contribution in [0.5, 0.6) is 0 Å². The first kappa shape index (κ1) is 12.0. The quantitative estimate of drug-likeness (QED) is 0.714. The first-order valence-corrected chi connectivity index (χ1v) is 5.37. The zero-order valence-electron chi connectivity index (χ0n) is 10.2. The van der Waals surface area contributed by atoms with Crippen molar-refractivity contribution in [1.29, 1.82) is 0 Å². The molecule has 0 bridgehead atoms. The fourth-order valence-electron chi connectivity index (χ4n) is 2.19. The molecule has 1 fully saturated rings. The van der Waals surface area contributed by atoms with E-state index in [9.17, 15) is 5.11 Å². The van der Waals surface area contributed by atoms with Crippen molar-refractivity contribution in [3.05, 3.63) is 0 Å². The molecule has 84 valence electrons. The molecule has 3 heteroatoms. The molecular weight excluding hydrogens is 176 g/mol. The third-order valence-electron chi connectivity index (χ3n) is 2.84. The van der Waals surface area contributed by atoms with Crippen LogP contribution in [-0.4, -0.2) is 59.3 Å². The molecule has 1 rings (SSSR count). The monoisotopic (exact) mass is 200 g/mol. The predicted molar refractivity (Wildman–Crippen MR) is 59.4 cm³/mol. The molecule has 14 heavy (non-hydrogen) atoms. The van der Waals surface area contributed by atoms with Crippen LogP contribution in [0.2, 0.25) is 0 Å². The lowest BCUT2D eigenvalue weighted by atomic mass is 9.96. The summed E-state index contributed by atoms with van der Waals surface area (Å²) in [7, 11) is 2.16. The molecule has 0 atom stereocenters. The Kier molecular flexibility index (Phi) is 3.24. The van der Waals surface area contributed by atoms with Crippen LogP contribution in [0.3, 0.4) is 0 Å². The largest absolute Gasteiger partial charge is 0.389 e. The average Bonchev–Trinajstić information content (AvgIpc) is 1.91. The van der Waals surface area contributed by atoms with Crippen molar-refractivity contribution < 1.29 is 5.11 Å². The summed E-state index contributed by atoms with van der Waals surface area (Å²) in [5.74, 6) is 0. The SMILES string of the molecule is CN1CCN(CC(C)(C)O)C(C)(C)C1. The van der Waals surface area contributed by atoms with Crippen LogP contribution >= 0.6 is 0 Å². The molecule has 0 aliphatic carbocycles. The predicted octanol–water partition coefficient (Wildman–Crippen LogP) is 0.783. The molecule has 0 saturated carbocycles. The number of rotatable bonds is 2. The summed E-state index contributed by atoms with van der Waals surface area (Å²) in [4.78, 5) is 4.73. The Labute approximate surface area is 87.7 Å². The Balaban J connectivity index is 2.61. The third-order valence-corrected chi connectivity index (χ3v) is 2.84. The van der Waals surface area contributed by atoms with E-state index >= 15 is 0 Å². The fraction of sp³-hybridized carbons (Fsp3) is 1.00. The lowest BCUT2D eigenvalue weighted by Gasteiger charge is -2.48. The molecule has 1 aliphatic heterocycles. The first-order chi connectivity index (χ1) is 6.21. The lowest BCUT2D eigenvalue weighted by molar-refractivity contribution is -0.0341. The molecule has 3 nitrogen and oxygen atoms in total. The summed E-state index contributed by atoms with van der Waals surface area (Å²) in [6.45, 7) is 12.2. The van der Waals surface area contributed by atoms with Gasteiger partial charge in [-0.15, -0.1) is 0 Å². The van der Waals surface area contributed by atoms with Crippen molar-refractivity contribution in [3.8, 4) is 0 Å². The normalized spacial score (nSPS) is 25.3. The standard InChI is InChI=1S/C11H24N2O/c1-10(2)8-12(5)6-7-13(10)9-11(3,4)14/h14H,6-9H2,1-5H3. The van der Waals surface area contributed by atoms with Crippen molar-refractivity contribution in [2.75, 3.05) is 33.2 Å². The number of nitrogens with zero attached hydrogens (tertiary/aromatic N) is 2. The number of β-amino-alcohol motifs (C(OH)–C–C–N with tert-alkyl or cyclic N) is 1. The smallest absolute Gasteiger partial charge is 0.0718 e. The molecule has 1 N–H and O–H groups in total. The second kappa shape index (κ2) is 3.80. The van der Waals surface area contributed by atoms with Crippen LogP contribution in [0.25, 0.3) is 0 Å². The number of aliphatic hydroxyl groups is 1. The fourth-order valence-corrected chi connectivity index (χ4v) is 2.19. The maximum absolute atomic E-state index is 9.81. The highest BCUT2D eigenvalue weighted by Crippen LogP contribution is 2.22. The van der Waals surface area contributed by atoms with E-state index in [0.717, 1.165) is 26.2 Å². The molecule has 0 spiro atoms. The van der Waals surface area contributed by atoms with Gasteiger partial charge in [0, 0.05) is 31.7 Å². The van der Waals surface area contributed by atoms with Gasteiger partial charge >= 0.3 is 0 Å². The van der Waals surface area contributed by atoms with E-state index in [1.165, 1.54) is 0 Å². The van der Waals surface area contributed by atoms with Gasteiger partial charge in [0.15, 0.2) is 0 Å². The molecule has 0 aromatic heterocycles. The van der Waals surface area contributed by atoms with Crippen LogP contribution in [0.1, 0.15) is 27.7 Å². The Morgan fingerprint density at radius 1 is 1.29 bits per heavy atom. The Morgan fingerprint density at radius 2 is 1.86 bits per heavy atom. The molecule has 1 saturated heterocycles. The lowest BCUT2D eigenvalue weighted by Crippen LogP contribution is -2.60. The molecule has 0 aromatic rings. The molecular formula is C11H24N2O. The molecule has 0 radical (unpaired) electrons. The van der Waals surface area contributed by atoms with E-state index in [0.29, 0.717) is 0 Å². The minimum atomic E-state index is -0.590. The third kappa shape index (κ3) is 3.23. The van der Waals surface area contributed by atoms with Gasteiger partial charge in [-0.3, -0.25) is 4.90 Å². The summed E-state index contributed by atoms with van der Waals surface area (Å²) in [5, 5.41) is 9.81. The van der Waals surface area contributed by atoms with Crippen molar-refractivity contribution in [2.45, 2.75) is 38.8 Å². The first-order valence-electron chi connectivity index (χ1n) is 5.37. The van der Waals surface area contributed by atoms with E-state index in [1.807, 2.05) is 13.8 Å². The molecule has 1 heterocycles. The van der Waals surface area contributed by atoms with Gasteiger partial charge in [-0.05, 0) is 34.7 Å². The van der Waals surface area contributed by atoms with Gasteiger partial charge in [0.2, 0.25) is 0 Å². The maximum Gasteiger partial charge on any atom is 0.0718 e. The maximum atomic E-state index is 9.81. The van der Waals surface area contributed by atoms with E-state index in [4.69, 9.17) is 0 Å². The van der Waals surface area contributed by atoms with E-state index < -0.39 is 5.60 Å². The van der Waals surface area contributed by atoms with Crippen molar-refractivity contribution in [2.24, 2.45) is 0 Å². The van der Waals surface area contributed by atoms with Gasteiger partial charge in [-0.25, -0.2) is 0 Å². The summed E-state index contributed by atoms with van der Waals surface area (Å²) in [6.07, 6.45) is 0. The average molecular weight is 200 g/mol. The van der Waals surface area contributed by atoms with Crippen molar-refractivity contribution >= 4 is 0 Å². The zero-order valence-corrected chi connectivity index (χ0v) is 10.2. The molecule has 0 unspecified atom stereocenters. The highest BCUT2D eigenvalue weighted by atomic mass is 16.3. The van der Waals surface area contributed by atoms with Crippen LogP contribution < -0.4 is 0 Å². The van der Waals surface area contributed by atoms with Crippen LogP contribution in [0, 0.1) is 0 Å². The Hall–Kier alpha value is -0.120. The van der Waals surface area contributed by atoms with Crippen molar-refractivity contribution in [3.63, 3.8) is 0 Å². The van der Waals surface area contributed by atoms with Crippen molar-refractivity contribution in [1.82, 2.24) is 9.80 Å². The van der Waals surface area contributed by atoms with E-state index in [-0.39, 0.29) is 5.54 Å². The van der Waals surface area contributed by atoms with Crippen LogP contribution in [-0.2, 0) is 0 Å². The molecule has 0 aromatic carbocycles. The van der Waals surface area contributed by atoms with Gasteiger partial charge in [-0.1, -0.05) is 0 Å². The summed E-state index contributed by atoms with van der Waals surface area (Å²) < 4.78 is 0. The second-order valence-corrected chi connectivity index (χ2v) is 5.78. The Bertz CT molecular complexity index is 196. The van der Waals surface area contributed by atoms with Gasteiger partial charge in [0.05, 0.1) is 5.60 Å². The zero-order chi connectivity index (χ0) is 11.0. The van der Waals surface area contributed by atoms with Gasteiger partial charge < -0.3 is 10.0 Å². The van der Waals surface area contributed by atoms with Gasteiger partial charge in [-0.2, -0.15) is 0 Å². The van der Waals surface area contributed by atoms with Gasteiger partial charge in [0.1, 0.15) is 0 Å².